The van der Waals surface area contributed by atoms with E-state index in [0.717, 1.165) is 0 Å². The monoisotopic (exact) mass is 226 g/mol. The van der Waals surface area contributed by atoms with Crippen LogP contribution in [0.25, 0.3) is 0 Å². The zero-order valence-corrected chi connectivity index (χ0v) is 8.87. The molecule has 6 heteroatoms. The molecule has 1 aromatic rings. The van der Waals surface area contributed by atoms with Gasteiger partial charge in [-0.15, -0.1) is 0 Å². The molecule has 0 saturated heterocycles. The Morgan fingerprint density at radius 3 is 2.87 bits per heavy atom. The molecular weight excluding hydrogens is 216 g/mol. The first-order chi connectivity index (χ1) is 7.10. The summed E-state index contributed by atoms with van der Waals surface area (Å²) in [6.07, 6.45) is 2.66. The van der Waals surface area contributed by atoms with Crippen molar-refractivity contribution in [3.63, 3.8) is 0 Å². The normalized spacial score (nSPS) is 10.5. The van der Waals surface area contributed by atoms with Crippen LogP contribution in [0.1, 0.15) is 5.56 Å². The SMILES string of the molecule is CNS(=O)(=O)c1cncc(C#CCO)c1. The first kappa shape index (κ1) is 11.7. The Kier molecular flexibility index (Phi) is 3.80. The molecule has 0 spiro atoms. The van der Waals surface area contributed by atoms with Crippen molar-refractivity contribution in [3.8, 4) is 11.8 Å². The van der Waals surface area contributed by atoms with Gasteiger partial charge in [0.25, 0.3) is 0 Å². The minimum Gasteiger partial charge on any atom is -0.384 e. The molecule has 0 fully saturated rings. The zero-order chi connectivity index (χ0) is 11.3. The fraction of sp³-hybridized carbons (Fsp3) is 0.222. The zero-order valence-electron chi connectivity index (χ0n) is 8.06. The van der Waals surface area contributed by atoms with Gasteiger partial charge in [-0.1, -0.05) is 11.8 Å². The molecule has 1 aromatic heterocycles. The molecule has 0 radical (unpaired) electrons. The molecule has 15 heavy (non-hydrogen) atoms. The minimum atomic E-state index is -3.49. The molecule has 0 atom stereocenters. The van der Waals surface area contributed by atoms with E-state index in [1.807, 2.05) is 0 Å². The number of pyridine rings is 1. The molecule has 0 aliphatic rings. The van der Waals surface area contributed by atoms with Crippen molar-refractivity contribution in [1.82, 2.24) is 9.71 Å². The van der Waals surface area contributed by atoms with Gasteiger partial charge in [-0.2, -0.15) is 0 Å². The number of rotatable bonds is 2. The summed E-state index contributed by atoms with van der Waals surface area (Å²) in [4.78, 5) is 3.80. The van der Waals surface area contributed by atoms with Crippen molar-refractivity contribution in [2.24, 2.45) is 0 Å². The Hall–Kier alpha value is -1.42. The molecule has 1 heterocycles. The van der Waals surface area contributed by atoms with E-state index < -0.39 is 10.0 Å². The van der Waals surface area contributed by atoms with Gasteiger partial charge >= 0.3 is 0 Å². The van der Waals surface area contributed by atoms with Crippen LogP contribution < -0.4 is 4.72 Å². The number of aliphatic hydroxyl groups excluding tert-OH is 1. The maximum absolute atomic E-state index is 11.4. The highest BCUT2D eigenvalue weighted by molar-refractivity contribution is 7.89. The van der Waals surface area contributed by atoms with E-state index in [1.54, 1.807) is 0 Å². The Labute approximate surface area is 88.2 Å². The van der Waals surface area contributed by atoms with E-state index in [4.69, 9.17) is 5.11 Å². The van der Waals surface area contributed by atoms with Crippen LogP contribution in [0, 0.1) is 11.8 Å². The van der Waals surface area contributed by atoms with E-state index >= 15 is 0 Å². The van der Waals surface area contributed by atoms with Crippen LogP contribution in [0.4, 0.5) is 0 Å². The van der Waals surface area contributed by atoms with Gasteiger partial charge in [0.1, 0.15) is 11.5 Å². The first-order valence-corrected chi connectivity index (χ1v) is 5.57. The third kappa shape index (κ3) is 3.02. The number of aliphatic hydroxyl groups is 1. The smallest absolute Gasteiger partial charge is 0.241 e. The van der Waals surface area contributed by atoms with E-state index in [1.165, 1.54) is 25.5 Å². The fourth-order valence-electron chi connectivity index (χ4n) is 0.894. The van der Waals surface area contributed by atoms with E-state index in [0.29, 0.717) is 5.56 Å². The average molecular weight is 226 g/mol. The highest BCUT2D eigenvalue weighted by Crippen LogP contribution is 2.07. The molecule has 80 valence electrons. The molecule has 0 aromatic carbocycles. The maximum atomic E-state index is 11.4. The number of aromatic nitrogens is 1. The van der Waals surface area contributed by atoms with Crippen molar-refractivity contribution in [1.29, 1.82) is 0 Å². The second kappa shape index (κ2) is 4.89. The highest BCUT2D eigenvalue weighted by Gasteiger charge is 2.11. The second-order valence-electron chi connectivity index (χ2n) is 2.58. The molecule has 0 saturated carbocycles. The first-order valence-electron chi connectivity index (χ1n) is 4.08. The Morgan fingerprint density at radius 1 is 1.53 bits per heavy atom. The largest absolute Gasteiger partial charge is 0.384 e. The van der Waals surface area contributed by atoms with Crippen LogP contribution in [0.5, 0.6) is 0 Å². The summed E-state index contributed by atoms with van der Waals surface area (Å²) in [5, 5.41) is 8.48. The molecule has 0 aliphatic heterocycles. The van der Waals surface area contributed by atoms with Crippen LogP contribution in [0.3, 0.4) is 0 Å². The van der Waals surface area contributed by atoms with Gasteiger partial charge in [0, 0.05) is 18.0 Å². The van der Waals surface area contributed by atoms with Crippen LogP contribution in [-0.4, -0.2) is 32.2 Å². The Morgan fingerprint density at radius 2 is 2.27 bits per heavy atom. The molecular formula is C9H10N2O3S. The molecule has 0 aliphatic carbocycles. The van der Waals surface area contributed by atoms with E-state index in [-0.39, 0.29) is 11.5 Å². The van der Waals surface area contributed by atoms with Gasteiger partial charge in [-0.25, -0.2) is 13.1 Å². The van der Waals surface area contributed by atoms with Crippen LogP contribution in [0.2, 0.25) is 0 Å². The minimum absolute atomic E-state index is 0.0507. The fourth-order valence-corrected chi connectivity index (χ4v) is 1.61. The summed E-state index contributed by atoms with van der Waals surface area (Å²) in [6.45, 7) is -0.275. The third-order valence-corrected chi connectivity index (χ3v) is 2.99. The van der Waals surface area contributed by atoms with E-state index in [2.05, 4.69) is 21.5 Å². The molecule has 0 unspecified atom stereocenters. The van der Waals surface area contributed by atoms with Gasteiger partial charge in [-0.05, 0) is 13.1 Å². The third-order valence-electron chi connectivity index (χ3n) is 1.60. The number of hydrogen-bond donors (Lipinski definition) is 2. The second-order valence-corrected chi connectivity index (χ2v) is 4.46. The topological polar surface area (TPSA) is 79.3 Å². The molecule has 1 rings (SSSR count). The molecule has 0 bridgehead atoms. The lowest BCUT2D eigenvalue weighted by Crippen LogP contribution is -2.18. The van der Waals surface area contributed by atoms with Crippen molar-refractivity contribution in [3.05, 3.63) is 24.0 Å². The average Bonchev–Trinajstić information content (AvgIpc) is 2.27. The number of hydrogen-bond acceptors (Lipinski definition) is 4. The highest BCUT2D eigenvalue weighted by atomic mass is 32.2. The van der Waals surface area contributed by atoms with Gasteiger partial charge in [0.15, 0.2) is 0 Å². The van der Waals surface area contributed by atoms with Crippen molar-refractivity contribution in [2.45, 2.75) is 4.90 Å². The van der Waals surface area contributed by atoms with Crippen molar-refractivity contribution >= 4 is 10.0 Å². The number of nitrogens with zero attached hydrogens (tertiary/aromatic N) is 1. The van der Waals surface area contributed by atoms with Crippen LogP contribution in [0.15, 0.2) is 23.4 Å². The summed E-state index contributed by atoms with van der Waals surface area (Å²) in [7, 11) is -2.17. The van der Waals surface area contributed by atoms with Crippen LogP contribution in [-0.2, 0) is 10.0 Å². The molecule has 0 amide bonds. The summed E-state index contributed by atoms with van der Waals surface area (Å²) < 4.78 is 24.9. The van der Waals surface area contributed by atoms with Crippen molar-refractivity contribution in [2.75, 3.05) is 13.7 Å². The molecule has 5 nitrogen and oxygen atoms in total. The van der Waals surface area contributed by atoms with Gasteiger partial charge in [-0.3, -0.25) is 4.98 Å². The quantitative estimate of drug-likeness (QED) is 0.656. The van der Waals surface area contributed by atoms with Crippen LogP contribution >= 0.6 is 0 Å². The van der Waals surface area contributed by atoms with Gasteiger partial charge < -0.3 is 5.11 Å². The summed E-state index contributed by atoms with van der Waals surface area (Å²) in [5.41, 5.74) is 0.445. The lowest BCUT2D eigenvalue weighted by Gasteiger charge is -2.01. The summed E-state index contributed by atoms with van der Waals surface area (Å²) in [5.74, 6) is 4.99. The lowest BCUT2D eigenvalue weighted by molar-refractivity contribution is 0.350. The standard InChI is InChI=1S/C9H10N2O3S/c1-10-15(13,14)9-5-8(3-2-4-12)6-11-7-9/h5-7,10,12H,4H2,1H3. The predicted octanol–water partition coefficient (Wildman–Crippen LogP) is -0.667. The van der Waals surface area contributed by atoms with Crippen molar-refractivity contribution < 1.29 is 13.5 Å². The predicted molar refractivity (Wildman–Crippen MR) is 54.4 cm³/mol. The van der Waals surface area contributed by atoms with Gasteiger partial charge in [0.05, 0.1) is 0 Å². The Balaban J connectivity index is 3.14. The van der Waals surface area contributed by atoms with E-state index in [9.17, 15) is 8.42 Å². The Bertz CT molecular complexity index is 500. The number of sulfonamides is 1. The maximum Gasteiger partial charge on any atom is 0.241 e. The summed E-state index contributed by atoms with van der Waals surface area (Å²) in [6, 6.07) is 1.39. The number of nitrogens with one attached hydrogen (secondary N) is 1. The molecule has 2 N–H and O–H groups in total. The van der Waals surface area contributed by atoms with Gasteiger partial charge in [0.2, 0.25) is 10.0 Å². The summed E-state index contributed by atoms with van der Waals surface area (Å²) >= 11 is 0. The lowest BCUT2D eigenvalue weighted by atomic mass is 10.3.